The first-order chi connectivity index (χ1) is 5.76. The predicted octanol–water partition coefficient (Wildman–Crippen LogP) is 1.14. The smallest absolute Gasteiger partial charge is 0.167 e. The van der Waals surface area contributed by atoms with Crippen LogP contribution in [0, 0.1) is 0 Å². The van der Waals surface area contributed by atoms with Crippen LogP contribution < -0.4 is 5.32 Å². The fourth-order valence-corrected chi connectivity index (χ4v) is 1.84. The second kappa shape index (κ2) is 4.21. The van der Waals surface area contributed by atoms with Gasteiger partial charge in [-0.05, 0) is 19.9 Å². The number of ether oxygens (including phenoxy) is 2. The third-order valence-corrected chi connectivity index (χ3v) is 2.90. The highest BCUT2D eigenvalue weighted by molar-refractivity contribution is 4.82. The SMILES string of the molecule is CNC1CCC(OC)(OC)CC1. The summed E-state index contributed by atoms with van der Waals surface area (Å²) in [5.74, 6) is -0.298. The number of methoxy groups -OCH3 is 2. The summed E-state index contributed by atoms with van der Waals surface area (Å²) in [5, 5.41) is 3.28. The van der Waals surface area contributed by atoms with Crippen LogP contribution >= 0.6 is 0 Å². The molecule has 1 fully saturated rings. The van der Waals surface area contributed by atoms with Gasteiger partial charge >= 0.3 is 0 Å². The van der Waals surface area contributed by atoms with Crippen molar-refractivity contribution in [2.45, 2.75) is 37.5 Å². The molecule has 12 heavy (non-hydrogen) atoms. The monoisotopic (exact) mass is 173 g/mol. The van der Waals surface area contributed by atoms with Gasteiger partial charge in [0.25, 0.3) is 0 Å². The van der Waals surface area contributed by atoms with Crippen molar-refractivity contribution in [2.75, 3.05) is 21.3 Å². The molecule has 0 bridgehead atoms. The molecule has 72 valence electrons. The standard InChI is InChI=1S/C9H19NO2/c1-10-8-4-6-9(11-2,12-3)7-5-8/h8,10H,4-7H2,1-3H3. The molecule has 0 saturated heterocycles. The van der Waals surface area contributed by atoms with Crippen molar-refractivity contribution in [3.63, 3.8) is 0 Å². The minimum Gasteiger partial charge on any atom is -0.353 e. The lowest BCUT2D eigenvalue weighted by atomic mass is 9.90. The minimum absolute atomic E-state index is 0.298. The molecule has 0 atom stereocenters. The molecule has 0 unspecified atom stereocenters. The topological polar surface area (TPSA) is 30.5 Å². The molecule has 0 aromatic rings. The predicted molar refractivity (Wildman–Crippen MR) is 48.1 cm³/mol. The molecular weight excluding hydrogens is 154 g/mol. The van der Waals surface area contributed by atoms with E-state index < -0.39 is 0 Å². The van der Waals surface area contributed by atoms with Gasteiger partial charge in [0, 0.05) is 33.1 Å². The second-order valence-corrected chi connectivity index (χ2v) is 3.38. The van der Waals surface area contributed by atoms with Crippen LogP contribution in [0.4, 0.5) is 0 Å². The van der Waals surface area contributed by atoms with Gasteiger partial charge in [-0.3, -0.25) is 0 Å². The molecule has 3 heteroatoms. The first kappa shape index (κ1) is 9.96. The van der Waals surface area contributed by atoms with Crippen molar-refractivity contribution in [3.8, 4) is 0 Å². The summed E-state index contributed by atoms with van der Waals surface area (Å²) in [7, 11) is 5.46. The quantitative estimate of drug-likeness (QED) is 0.649. The molecule has 0 radical (unpaired) electrons. The molecule has 0 heterocycles. The molecule has 0 spiro atoms. The lowest BCUT2D eigenvalue weighted by Gasteiger charge is -2.37. The average molecular weight is 173 g/mol. The van der Waals surface area contributed by atoms with E-state index in [4.69, 9.17) is 9.47 Å². The van der Waals surface area contributed by atoms with Crippen LogP contribution in [-0.4, -0.2) is 33.1 Å². The molecule has 1 saturated carbocycles. The lowest BCUT2D eigenvalue weighted by Crippen LogP contribution is -2.42. The van der Waals surface area contributed by atoms with E-state index in [9.17, 15) is 0 Å². The Hall–Kier alpha value is -0.120. The highest BCUT2D eigenvalue weighted by Crippen LogP contribution is 2.31. The third-order valence-electron chi connectivity index (χ3n) is 2.90. The van der Waals surface area contributed by atoms with Crippen LogP contribution in [-0.2, 0) is 9.47 Å². The normalized spacial score (nSPS) is 24.2. The Kier molecular flexibility index (Phi) is 3.50. The number of hydrogen-bond acceptors (Lipinski definition) is 3. The van der Waals surface area contributed by atoms with Crippen LogP contribution in [0.1, 0.15) is 25.7 Å². The lowest BCUT2D eigenvalue weighted by molar-refractivity contribution is -0.225. The number of hydrogen-bond donors (Lipinski definition) is 1. The zero-order valence-electron chi connectivity index (χ0n) is 8.22. The molecule has 0 aromatic heterocycles. The van der Waals surface area contributed by atoms with Crippen LogP contribution in [0.5, 0.6) is 0 Å². The van der Waals surface area contributed by atoms with Crippen molar-refractivity contribution >= 4 is 0 Å². The summed E-state index contributed by atoms with van der Waals surface area (Å²) in [6.45, 7) is 0. The van der Waals surface area contributed by atoms with Gasteiger partial charge in [0.2, 0.25) is 0 Å². The van der Waals surface area contributed by atoms with Crippen LogP contribution in [0.25, 0.3) is 0 Å². The van der Waals surface area contributed by atoms with E-state index in [2.05, 4.69) is 5.32 Å². The van der Waals surface area contributed by atoms with Crippen molar-refractivity contribution in [3.05, 3.63) is 0 Å². The molecule has 1 rings (SSSR count). The van der Waals surface area contributed by atoms with Crippen molar-refractivity contribution in [1.82, 2.24) is 5.32 Å². The van der Waals surface area contributed by atoms with Gasteiger partial charge in [0.1, 0.15) is 0 Å². The van der Waals surface area contributed by atoms with E-state index in [1.54, 1.807) is 14.2 Å². The summed E-state index contributed by atoms with van der Waals surface area (Å²) >= 11 is 0. The molecule has 1 aliphatic rings. The van der Waals surface area contributed by atoms with Crippen molar-refractivity contribution in [2.24, 2.45) is 0 Å². The Bertz CT molecular complexity index is 124. The summed E-state index contributed by atoms with van der Waals surface area (Å²) in [5.41, 5.74) is 0. The van der Waals surface area contributed by atoms with Gasteiger partial charge in [0.05, 0.1) is 0 Å². The highest BCUT2D eigenvalue weighted by Gasteiger charge is 2.34. The third kappa shape index (κ3) is 1.97. The maximum atomic E-state index is 5.37. The Balaban J connectivity index is 2.42. The van der Waals surface area contributed by atoms with E-state index in [1.165, 1.54) is 0 Å². The summed E-state index contributed by atoms with van der Waals surface area (Å²) in [6.07, 6.45) is 4.26. The van der Waals surface area contributed by atoms with Gasteiger partial charge in [-0.25, -0.2) is 0 Å². The second-order valence-electron chi connectivity index (χ2n) is 3.38. The highest BCUT2D eigenvalue weighted by atomic mass is 16.7. The Morgan fingerprint density at radius 3 is 2.00 bits per heavy atom. The van der Waals surface area contributed by atoms with Gasteiger partial charge in [-0.15, -0.1) is 0 Å². The maximum Gasteiger partial charge on any atom is 0.167 e. The molecule has 3 nitrogen and oxygen atoms in total. The number of nitrogens with one attached hydrogen (secondary N) is 1. The minimum atomic E-state index is -0.298. The van der Waals surface area contributed by atoms with Crippen molar-refractivity contribution < 1.29 is 9.47 Å². The van der Waals surface area contributed by atoms with E-state index >= 15 is 0 Å². The van der Waals surface area contributed by atoms with Crippen LogP contribution in [0.2, 0.25) is 0 Å². The van der Waals surface area contributed by atoms with E-state index in [-0.39, 0.29) is 5.79 Å². The fourth-order valence-electron chi connectivity index (χ4n) is 1.84. The fraction of sp³-hybridized carbons (Fsp3) is 1.00. The summed E-state index contributed by atoms with van der Waals surface area (Å²) in [4.78, 5) is 0. The molecule has 0 aromatic carbocycles. The van der Waals surface area contributed by atoms with Gasteiger partial charge in [-0.2, -0.15) is 0 Å². The molecule has 0 amide bonds. The zero-order chi connectivity index (χ0) is 9.03. The van der Waals surface area contributed by atoms with E-state index in [0.29, 0.717) is 6.04 Å². The Morgan fingerprint density at radius 2 is 1.67 bits per heavy atom. The average Bonchev–Trinajstić information content (AvgIpc) is 2.18. The molecule has 1 N–H and O–H groups in total. The largest absolute Gasteiger partial charge is 0.353 e. The molecule has 1 aliphatic carbocycles. The van der Waals surface area contributed by atoms with Crippen LogP contribution in [0.3, 0.4) is 0 Å². The van der Waals surface area contributed by atoms with E-state index in [0.717, 1.165) is 25.7 Å². The first-order valence-corrected chi connectivity index (χ1v) is 4.54. The van der Waals surface area contributed by atoms with E-state index in [1.807, 2.05) is 7.05 Å². The maximum absolute atomic E-state index is 5.37. The number of rotatable bonds is 3. The van der Waals surface area contributed by atoms with Crippen molar-refractivity contribution in [1.29, 1.82) is 0 Å². The van der Waals surface area contributed by atoms with Gasteiger partial charge < -0.3 is 14.8 Å². The summed E-state index contributed by atoms with van der Waals surface area (Å²) in [6, 6.07) is 0.642. The van der Waals surface area contributed by atoms with Gasteiger partial charge in [0.15, 0.2) is 5.79 Å². The Morgan fingerprint density at radius 1 is 1.17 bits per heavy atom. The van der Waals surface area contributed by atoms with Gasteiger partial charge in [-0.1, -0.05) is 0 Å². The molecule has 0 aliphatic heterocycles. The van der Waals surface area contributed by atoms with Crippen LogP contribution in [0.15, 0.2) is 0 Å². The molecular formula is C9H19NO2. The summed E-state index contributed by atoms with van der Waals surface area (Å²) < 4.78 is 10.7. The Labute approximate surface area is 74.4 Å². The first-order valence-electron chi connectivity index (χ1n) is 4.54. The zero-order valence-corrected chi connectivity index (χ0v) is 8.22.